The number of pyridine rings is 1. The lowest BCUT2D eigenvalue weighted by Crippen LogP contribution is -2.06. The van der Waals surface area contributed by atoms with Crippen LogP contribution in [0.2, 0.25) is 0 Å². The van der Waals surface area contributed by atoms with Gasteiger partial charge in [0.25, 0.3) is 0 Å². The Labute approximate surface area is 110 Å². The molecular formula is C13H16N6. The van der Waals surface area contributed by atoms with Gasteiger partial charge in [0.05, 0.1) is 12.2 Å². The summed E-state index contributed by atoms with van der Waals surface area (Å²) >= 11 is 0. The Morgan fingerprint density at radius 2 is 2.21 bits per heavy atom. The summed E-state index contributed by atoms with van der Waals surface area (Å²) in [4.78, 5) is 8.68. The highest BCUT2D eigenvalue weighted by molar-refractivity contribution is 5.73. The summed E-state index contributed by atoms with van der Waals surface area (Å²) in [6.45, 7) is 2.75. The molecule has 0 atom stereocenters. The maximum absolute atomic E-state index is 5.98. The first-order valence-electron chi connectivity index (χ1n) is 6.27. The molecule has 0 aliphatic carbocycles. The van der Waals surface area contributed by atoms with Crippen LogP contribution in [0.15, 0.2) is 24.5 Å². The number of fused-ring (bicyclic) bond motifs is 1. The van der Waals surface area contributed by atoms with Crippen LogP contribution in [0.4, 0.5) is 5.95 Å². The van der Waals surface area contributed by atoms with Crippen molar-refractivity contribution in [3.63, 3.8) is 0 Å². The van der Waals surface area contributed by atoms with Crippen LogP contribution in [0, 0.1) is 0 Å². The number of nitrogen functional groups attached to an aromatic ring is 1. The summed E-state index contributed by atoms with van der Waals surface area (Å²) in [5.74, 6) is 0.486. The van der Waals surface area contributed by atoms with Gasteiger partial charge in [0, 0.05) is 25.0 Å². The molecule has 0 bridgehead atoms. The number of imidazole rings is 1. The van der Waals surface area contributed by atoms with Crippen molar-refractivity contribution in [1.82, 2.24) is 24.3 Å². The second kappa shape index (κ2) is 4.38. The first-order valence-corrected chi connectivity index (χ1v) is 6.27. The SMILES string of the molecule is CCc1nn(C)cc1Cn1c(N)nc2cccnc21. The van der Waals surface area contributed by atoms with Crippen molar-refractivity contribution < 1.29 is 0 Å². The van der Waals surface area contributed by atoms with Gasteiger partial charge in [-0.05, 0) is 18.6 Å². The van der Waals surface area contributed by atoms with E-state index in [2.05, 4.69) is 22.0 Å². The molecule has 0 aliphatic heterocycles. The Morgan fingerprint density at radius 3 is 3.00 bits per heavy atom. The summed E-state index contributed by atoms with van der Waals surface area (Å²) in [5.41, 5.74) is 9.85. The van der Waals surface area contributed by atoms with E-state index in [0.29, 0.717) is 12.5 Å². The number of aromatic nitrogens is 5. The van der Waals surface area contributed by atoms with Crippen molar-refractivity contribution >= 4 is 17.1 Å². The lowest BCUT2D eigenvalue weighted by atomic mass is 10.2. The van der Waals surface area contributed by atoms with Gasteiger partial charge in [-0.3, -0.25) is 9.25 Å². The maximum atomic E-state index is 5.98. The Hall–Kier alpha value is -2.37. The van der Waals surface area contributed by atoms with Crippen LogP contribution in [0.5, 0.6) is 0 Å². The molecule has 0 aliphatic rings. The second-order valence-electron chi connectivity index (χ2n) is 4.53. The van der Waals surface area contributed by atoms with E-state index in [4.69, 9.17) is 5.73 Å². The second-order valence-corrected chi connectivity index (χ2v) is 4.53. The summed E-state index contributed by atoms with van der Waals surface area (Å²) in [6.07, 6.45) is 4.67. The predicted molar refractivity (Wildman–Crippen MR) is 73.6 cm³/mol. The van der Waals surface area contributed by atoms with Gasteiger partial charge >= 0.3 is 0 Å². The van der Waals surface area contributed by atoms with Gasteiger partial charge in [-0.1, -0.05) is 6.92 Å². The Kier molecular flexibility index (Phi) is 2.70. The monoisotopic (exact) mass is 256 g/mol. The number of nitrogens with two attached hydrogens (primary N) is 1. The fourth-order valence-electron chi connectivity index (χ4n) is 2.32. The van der Waals surface area contributed by atoms with E-state index >= 15 is 0 Å². The number of aryl methyl sites for hydroxylation is 2. The highest BCUT2D eigenvalue weighted by Gasteiger charge is 2.12. The molecule has 0 amide bonds. The fraction of sp³-hybridized carbons (Fsp3) is 0.308. The van der Waals surface area contributed by atoms with Crippen LogP contribution < -0.4 is 5.73 Å². The zero-order chi connectivity index (χ0) is 13.4. The van der Waals surface area contributed by atoms with E-state index in [0.717, 1.165) is 28.8 Å². The summed E-state index contributed by atoms with van der Waals surface area (Å²) in [6, 6.07) is 3.78. The largest absolute Gasteiger partial charge is 0.369 e. The maximum Gasteiger partial charge on any atom is 0.202 e. The van der Waals surface area contributed by atoms with Crippen LogP contribution >= 0.6 is 0 Å². The number of anilines is 1. The number of nitrogens with zero attached hydrogens (tertiary/aromatic N) is 5. The van der Waals surface area contributed by atoms with Crippen molar-refractivity contribution in [2.75, 3.05) is 5.73 Å². The van der Waals surface area contributed by atoms with E-state index in [9.17, 15) is 0 Å². The van der Waals surface area contributed by atoms with E-state index in [1.807, 2.05) is 34.6 Å². The van der Waals surface area contributed by atoms with Crippen molar-refractivity contribution in [3.8, 4) is 0 Å². The Balaban J connectivity index is 2.07. The minimum atomic E-state index is 0.486. The van der Waals surface area contributed by atoms with Gasteiger partial charge in [-0.15, -0.1) is 0 Å². The van der Waals surface area contributed by atoms with Crippen LogP contribution in [-0.4, -0.2) is 24.3 Å². The van der Waals surface area contributed by atoms with Crippen molar-refractivity contribution in [1.29, 1.82) is 0 Å². The molecule has 98 valence electrons. The summed E-state index contributed by atoms with van der Waals surface area (Å²) in [7, 11) is 1.93. The molecular weight excluding hydrogens is 240 g/mol. The molecule has 0 saturated heterocycles. The van der Waals surface area contributed by atoms with E-state index in [1.54, 1.807) is 6.20 Å². The molecule has 0 radical (unpaired) electrons. The zero-order valence-corrected chi connectivity index (χ0v) is 11.0. The highest BCUT2D eigenvalue weighted by Crippen LogP contribution is 2.18. The first kappa shape index (κ1) is 11.7. The standard InChI is InChI=1S/C13H16N6/c1-3-10-9(7-18(2)17-10)8-19-12-11(16-13(19)14)5-4-6-15-12/h4-7H,3,8H2,1-2H3,(H2,14,16). The van der Waals surface area contributed by atoms with Crippen LogP contribution in [-0.2, 0) is 20.0 Å². The first-order chi connectivity index (χ1) is 9.19. The van der Waals surface area contributed by atoms with Gasteiger partial charge < -0.3 is 5.73 Å². The third kappa shape index (κ3) is 1.95. The highest BCUT2D eigenvalue weighted by atomic mass is 15.3. The van der Waals surface area contributed by atoms with Crippen LogP contribution in [0.25, 0.3) is 11.2 Å². The molecule has 6 nitrogen and oxygen atoms in total. The van der Waals surface area contributed by atoms with Crippen LogP contribution in [0.1, 0.15) is 18.2 Å². The molecule has 3 aromatic rings. The topological polar surface area (TPSA) is 74.5 Å². The zero-order valence-electron chi connectivity index (χ0n) is 11.0. The van der Waals surface area contributed by atoms with Crippen molar-refractivity contribution in [2.45, 2.75) is 19.9 Å². The van der Waals surface area contributed by atoms with Gasteiger partial charge in [-0.25, -0.2) is 9.97 Å². The van der Waals surface area contributed by atoms with Crippen LogP contribution in [0.3, 0.4) is 0 Å². The third-order valence-electron chi connectivity index (χ3n) is 3.19. The fourth-order valence-corrected chi connectivity index (χ4v) is 2.32. The predicted octanol–water partition coefficient (Wildman–Crippen LogP) is 1.36. The van der Waals surface area contributed by atoms with Gasteiger partial charge in [-0.2, -0.15) is 5.10 Å². The average Bonchev–Trinajstić information content (AvgIpc) is 2.91. The molecule has 0 fully saturated rings. The lowest BCUT2D eigenvalue weighted by molar-refractivity contribution is 0.746. The third-order valence-corrected chi connectivity index (χ3v) is 3.19. The van der Waals surface area contributed by atoms with Crippen molar-refractivity contribution in [3.05, 3.63) is 35.8 Å². The molecule has 3 aromatic heterocycles. The molecule has 6 heteroatoms. The molecule has 0 aromatic carbocycles. The lowest BCUT2D eigenvalue weighted by Gasteiger charge is -2.05. The number of rotatable bonds is 3. The number of hydrogen-bond acceptors (Lipinski definition) is 4. The summed E-state index contributed by atoms with van der Waals surface area (Å²) < 4.78 is 3.75. The van der Waals surface area contributed by atoms with E-state index < -0.39 is 0 Å². The van der Waals surface area contributed by atoms with Crippen molar-refractivity contribution in [2.24, 2.45) is 7.05 Å². The van der Waals surface area contributed by atoms with E-state index in [-0.39, 0.29) is 0 Å². The smallest absolute Gasteiger partial charge is 0.202 e. The van der Waals surface area contributed by atoms with Gasteiger partial charge in [0.1, 0.15) is 5.52 Å². The minimum absolute atomic E-state index is 0.486. The molecule has 3 heterocycles. The number of hydrogen-bond donors (Lipinski definition) is 1. The normalized spacial score (nSPS) is 11.3. The Bertz CT molecular complexity index is 724. The minimum Gasteiger partial charge on any atom is -0.369 e. The van der Waals surface area contributed by atoms with Gasteiger partial charge in [0.15, 0.2) is 5.65 Å². The molecule has 2 N–H and O–H groups in total. The van der Waals surface area contributed by atoms with E-state index in [1.165, 1.54) is 0 Å². The molecule has 19 heavy (non-hydrogen) atoms. The molecule has 0 spiro atoms. The molecule has 0 unspecified atom stereocenters. The summed E-state index contributed by atoms with van der Waals surface area (Å²) in [5, 5.41) is 4.44. The quantitative estimate of drug-likeness (QED) is 0.767. The average molecular weight is 256 g/mol. The Morgan fingerprint density at radius 1 is 1.37 bits per heavy atom. The van der Waals surface area contributed by atoms with Gasteiger partial charge in [0.2, 0.25) is 5.95 Å². The molecule has 0 saturated carbocycles. The molecule has 3 rings (SSSR count).